The maximum atomic E-state index is 13.2. The van der Waals surface area contributed by atoms with Crippen LogP contribution in [0.1, 0.15) is 48.2 Å². The van der Waals surface area contributed by atoms with Crippen molar-refractivity contribution in [1.82, 2.24) is 14.2 Å². The largest absolute Gasteiger partial charge is 0.356 e. The molecule has 8 nitrogen and oxygen atoms in total. The summed E-state index contributed by atoms with van der Waals surface area (Å²) < 4.78 is 27.8. The van der Waals surface area contributed by atoms with E-state index in [2.05, 4.69) is 10.3 Å². The molecule has 3 heterocycles. The van der Waals surface area contributed by atoms with Crippen LogP contribution in [-0.4, -0.2) is 60.6 Å². The van der Waals surface area contributed by atoms with Gasteiger partial charge in [-0.05, 0) is 62.8 Å². The van der Waals surface area contributed by atoms with E-state index >= 15 is 0 Å². The second-order valence-corrected chi connectivity index (χ2v) is 11.1. The first-order valence-corrected chi connectivity index (χ1v) is 13.1. The number of rotatable bonds is 5. The van der Waals surface area contributed by atoms with Gasteiger partial charge in [0.05, 0.1) is 16.6 Å². The molecule has 2 amide bonds. The molecule has 1 aromatic carbocycles. The van der Waals surface area contributed by atoms with Crippen LogP contribution in [-0.2, 0) is 14.8 Å². The predicted molar refractivity (Wildman–Crippen MR) is 127 cm³/mol. The molecule has 0 spiro atoms. The van der Waals surface area contributed by atoms with Crippen molar-refractivity contribution in [2.24, 2.45) is 5.92 Å². The number of nitrogens with one attached hydrogen (secondary N) is 2. The Morgan fingerprint density at radius 1 is 1.09 bits per heavy atom. The van der Waals surface area contributed by atoms with E-state index in [4.69, 9.17) is 11.6 Å². The highest BCUT2D eigenvalue weighted by atomic mass is 35.5. The number of piperidine rings is 2. The van der Waals surface area contributed by atoms with Crippen molar-refractivity contribution in [3.63, 3.8) is 0 Å². The van der Waals surface area contributed by atoms with E-state index in [0.717, 1.165) is 24.8 Å². The van der Waals surface area contributed by atoms with Crippen LogP contribution in [0.2, 0.25) is 5.02 Å². The SMILES string of the molecule is Cc1ccc(NC(=O)C2CCCN(S(=O)(=O)c3c[nH]c(C(=O)N4CCCCC4)c3)C2)c(Cl)c1. The standard InChI is InChI=1S/C23H29ClN4O4S/c1-16-7-8-20(19(24)12-16)26-22(29)17-6-5-11-28(15-17)33(31,32)18-13-21(25-14-18)23(30)27-9-3-2-4-10-27/h7-8,12-14,17,25H,2-6,9-11,15H2,1H3,(H,26,29). The van der Waals surface area contributed by atoms with Gasteiger partial charge in [-0.2, -0.15) is 4.31 Å². The third-order valence-corrected chi connectivity index (χ3v) is 8.46. The highest BCUT2D eigenvalue weighted by Crippen LogP contribution is 2.28. The monoisotopic (exact) mass is 492 g/mol. The summed E-state index contributed by atoms with van der Waals surface area (Å²) in [5.41, 5.74) is 1.77. The number of aromatic amines is 1. The summed E-state index contributed by atoms with van der Waals surface area (Å²) in [5.74, 6) is -0.919. The van der Waals surface area contributed by atoms with Crippen molar-refractivity contribution in [1.29, 1.82) is 0 Å². The van der Waals surface area contributed by atoms with Crippen LogP contribution in [0.15, 0.2) is 35.4 Å². The lowest BCUT2D eigenvalue weighted by Gasteiger charge is -2.31. The Labute approximate surface area is 199 Å². The van der Waals surface area contributed by atoms with Gasteiger partial charge in [-0.25, -0.2) is 8.42 Å². The fraction of sp³-hybridized carbons (Fsp3) is 0.478. The lowest BCUT2D eigenvalue weighted by atomic mass is 9.98. The normalized spacial score (nSPS) is 19.9. The van der Waals surface area contributed by atoms with Crippen LogP contribution in [0.3, 0.4) is 0 Å². The minimum absolute atomic E-state index is 0.0468. The third kappa shape index (κ3) is 5.26. The maximum absolute atomic E-state index is 13.2. The molecule has 178 valence electrons. The molecule has 10 heteroatoms. The Hall–Kier alpha value is -2.36. The molecule has 2 aliphatic rings. The first-order chi connectivity index (χ1) is 15.8. The van der Waals surface area contributed by atoms with Gasteiger partial charge in [0.15, 0.2) is 0 Å². The van der Waals surface area contributed by atoms with Crippen LogP contribution in [0.5, 0.6) is 0 Å². The molecule has 0 radical (unpaired) electrons. The van der Waals surface area contributed by atoms with E-state index in [1.165, 1.54) is 16.6 Å². The molecular formula is C23H29ClN4O4S. The number of carbonyl (C=O) groups is 2. The molecule has 1 unspecified atom stereocenters. The van der Waals surface area contributed by atoms with Crippen LogP contribution in [0.4, 0.5) is 5.69 Å². The number of sulfonamides is 1. The smallest absolute Gasteiger partial charge is 0.270 e. The molecule has 0 bridgehead atoms. The first kappa shape index (κ1) is 23.8. The van der Waals surface area contributed by atoms with Crippen LogP contribution in [0.25, 0.3) is 0 Å². The zero-order chi connectivity index (χ0) is 23.6. The average molecular weight is 493 g/mol. The molecule has 2 aliphatic heterocycles. The molecule has 2 N–H and O–H groups in total. The molecule has 33 heavy (non-hydrogen) atoms. The van der Waals surface area contributed by atoms with E-state index in [9.17, 15) is 18.0 Å². The van der Waals surface area contributed by atoms with Gasteiger partial charge in [0, 0.05) is 32.4 Å². The zero-order valence-electron chi connectivity index (χ0n) is 18.6. The van der Waals surface area contributed by atoms with Gasteiger partial charge in [-0.3, -0.25) is 9.59 Å². The number of nitrogens with zero attached hydrogens (tertiary/aromatic N) is 2. The first-order valence-electron chi connectivity index (χ1n) is 11.3. The number of hydrogen-bond acceptors (Lipinski definition) is 4. The average Bonchev–Trinajstić information content (AvgIpc) is 3.32. The second-order valence-electron chi connectivity index (χ2n) is 8.78. The fourth-order valence-electron chi connectivity index (χ4n) is 4.39. The van der Waals surface area contributed by atoms with Crippen molar-refractivity contribution >= 4 is 39.1 Å². The second kappa shape index (κ2) is 9.87. The number of halogens is 1. The van der Waals surface area contributed by atoms with E-state index in [1.807, 2.05) is 13.0 Å². The van der Waals surface area contributed by atoms with Crippen LogP contribution in [0, 0.1) is 12.8 Å². The molecule has 0 aliphatic carbocycles. The molecule has 2 saturated heterocycles. The van der Waals surface area contributed by atoms with Gasteiger partial charge < -0.3 is 15.2 Å². The lowest BCUT2D eigenvalue weighted by Crippen LogP contribution is -2.43. The molecular weight excluding hydrogens is 464 g/mol. The summed E-state index contributed by atoms with van der Waals surface area (Å²) in [6, 6.07) is 6.77. The van der Waals surface area contributed by atoms with Gasteiger partial charge >= 0.3 is 0 Å². The van der Waals surface area contributed by atoms with Gasteiger partial charge in [-0.1, -0.05) is 17.7 Å². The topological polar surface area (TPSA) is 103 Å². The van der Waals surface area contributed by atoms with Gasteiger partial charge in [0.2, 0.25) is 15.9 Å². The quantitative estimate of drug-likeness (QED) is 0.665. The highest BCUT2D eigenvalue weighted by Gasteiger charge is 2.34. The molecule has 4 rings (SSSR count). The molecule has 1 atom stereocenters. The lowest BCUT2D eigenvalue weighted by molar-refractivity contribution is -0.120. The van der Waals surface area contributed by atoms with Crippen molar-refractivity contribution in [2.45, 2.75) is 43.9 Å². The summed E-state index contributed by atoms with van der Waals surface area (Å²) in [6.07, 6.45) is 5.55. The van der Waals surface area contributed by atoms with E-state index in [-0.39, 0.29) is 28.9 Å². The van der Waals surface area contributed by atoms with Crippen LogP contribution >= 0.6 is 11.6 Å². The molecule has 0 saturated carbocycles. The van der Waals surface area contributed by atoms with Crippen molar-refractivity contribution in [2.75, 3.05) is 31.5 Å². The Bertz CT molecular complexity index is 1140. The number of aromatic nitrogens is 1. The highest BCUT2D eigenvalue weighted by molar-refractivity contribution is 7.89. The van der Waals surface area contributed by atoms with Crippen molar-refractivity contribution in [3.8, 4) is 0 Å². The summed E-state index contributed by atoms with van der Waals surface area (Å²) in [6.45, 7) is 3.70. The Kier molecular flexibility index (Phi) is 7.11. The Balaban J connectivity index is 1.44. The number of H-pyrrole nitrogens is 1. The maximum Gasteiger partial charge on any atom is 0.270 e. The number of anilines is 1. The minimum atomic E-state index is -3.83. The number of amides is 2. The summed E-state index contributed by atoms with van der Waals surface area (Å²) >= 11 is 6.22. The summed E-state index contributed by atoms with van der Waals surface area (Å²) in [5, 5.41) is 3.27. The number of benzene rings is 1. The Morgan fingerprint density at radius 3 is 2.58 bits per heavy atom. The Morgan fingerprint density at radius 2 is 1.85 bits per heavy atom. The van der Waals surface area contributed by atoms with Crippen LogP contribution < -0.4 is 5.32 Å². The van der Waals surface area contributed by atoms with Gasteiger partial charge in [0.1, 0.15) is 10.6 Å². The van der Waals surface area contributed by atoms with Gasteiger partial charge in [-0.15, -0.1) is 0 Å². The fourth-order valence-corrected chi connectivity index (χ4v) is 6.20. The number of likely N-dealkylation sites (tertiary alicyclic amines) is 1. The number of hydrogen-bond donors (Lipinski definition) is 2. The number of carbonyl (C=O) groups excluding carboxylic acids is 2. The zero-order valence-corrected chi connectivity index (χ0v) is 20.2. The van der Waals surface area contributed by atoms with E-state index in [0.29, 0.717) is 43.2 Å². The van der Waals surface area contributed by atoms with E-state index < -0.39 is 15.9 Å². The van der Waals surface area contributed by atoms with Crippen molar-refractivity contribution in [3.05, 3.63) is 46.7 Å². The van der Waals surface area contributed by atoms with Crippen molar-refractivity contribution < 1.29 is 18.0 Å². The van der Waals surface area contributed by atoms with Gasteiger partial charge in [0.25, 0.3) is 5.91 Å². The number of aryl methyl sites for hydroxylation is 1. The predicted octanol–water partition coefficient (Wildman–Crippen LogP) is 3.64. The summed E-state index contributed by atoms with van der Waals surface area (Å²) in [7, 11) is -3.83. The molecule has 2 fully saturated rings. The minimum Gasteiger partial charge on any atom is -0.356 e. The van der Waals surface area contributed by atoms with E-state index in [1.54, 1.807) is 17.0 Å². The molecule has 1 aromatic heterocycles. The summed E-state index contributed by atoms with van der Waals surface area (Å²) in [4.78, 5) is 30.2. The molecule has 2 aromatic rings. The third-order valence-electron chi connectivity index (χ3n) is 6.31.